The lowest BCUT2D eigenvalue weighted by Crippen LogP contribution is -2.20. The van der Waals surface area contributed by atoms with E-state index in [1.807, 2.05) is 6.07 Å². The molecule has 2 rings (SSSR count). The van der Waals surface area contributed by atoms with Crippen molar-refractivity contribution in [3.63, 3.8) is 0 Å². The molecule has 1 N–H and O–H groups in total. The third-order valence-electron chi connectivity index (χ3n) is 3.46. The van der Waals surface area contributed by atoms with Crippen molar-refractivity contribution in [3.8, 4) is 0 Å². The van der Waals surface area contributed by atoms with E-state index < -0.39 is 0 Å². The van der Waals surface area contributed by atoms with Gasteiger partial charge in [-0.1, -0.05) is 49.6 Å². The minimum atomic E-state index is -0.0762. The summed E-state index contributed by atoms with van der Waals surface area (Å²) in [6.45, 7) is 0. The molecule has 82 valence electrons. The van der Waals surface area contributed by atoms with Crippen LogP contribution in [0, 0.1) is 5.92 Å². The Bertz CT molecular complexity index is 281. The van der Waals surface area contributed by atoms with Crippen molar-refractivity contribution in [2.24, 2.45) is 5.92 Å². The van der Waals surface area contributed by atoms with Gasteiger partial charge in [0.2, 0.25) is 0 Å². The molecule has 1 saturated carbocycles. The first kappa shape index (κ1) is 10.7. The van der Waals surface area contributed by atoms with Gasteiger partial charge in [-0.25, -0.2) is 0 Å². The van der Waals surface area contributed by atoms with E-state index in [4.69, 9.17) is 0 Å². The van der Waals surface area contributed by atoms with Crippen LogP contribution in [0.1, 0.15) is 37.7 Å². The summed E-state index contributed by atoms with van der Waals surface area (Å²) in [5.74, 6) is 0.481. The van der Waals surface area contributed by atoms with E-state index in [0.717, 1.165) is 12.8 Å². The second-order valence-corrected chi connectivity index (χ2v) is 4.66. The van der Waals surface area contributed by atoms with Gasteiger partial charge < -0.3 is 5.11 Å². The zero-order chi connectivity index (χ0) is 10.5. The smallest absolute Gasteiger partial charge is 0.0571 e. The minimum absolute atomic E-state index is 0.0762. The van der Waals surface area contributed by atoms with Crippen LogP contribution in [0.25, 0.3) is 0 Å². The van der Waals surface area contributed by atoms with Crippen LogP contribution in [-0.2, 0) is 6.42 Å². The Labute approximate surface area is 92.1 Å². The lowest BCUT2D eigenvalue weighted by molar-refractivity contribution is 0.101. The van der Waals surface area contributed by atoms with Gasteiger partial charge in [-0.2, -0.15) is 0 Å². The van der Waals surface area contributed by atoms with E-state index >= 15 is 0 Å². The van der Waals surface area contributed by atoms with Gasteiger partial charge in [-0.05, 0) is 30.7 Å². The van der Waals surface area contributed by atoms with E-state index in [-0.39, 0.29) is 6.10 Å². The molecule has 0 bridgehead atoms. The van der Waals surface area contributed by atoms with Crippen molar-refractivity contribution in [1.29, 1.82) is 0 Å². The highest BCUT2D eigenvalue weighted by Gasteiger charge is 2.21. The molecule has 1 aromatic rings. The van der Waals surface area contributed by atoms with Crippen LogP contribution in [0.15, 0.2) is 30.3 Å². The minimum Gasteiger partial charge on any atom is -0.393 e. The van der Waals surface area contributed by atoms with Crippen molar-refractivity contribution in [1.82, 2.24) is 0 Å². The fourth-order valence-electron chi connectivity index (χ4n) is 2.52. The zero-order valence-electron chi connectivity index (χ0n) is 9.23. The van der Waals surface area contributed by atoms with Crippen molar-refractivity contribution >= 4 is 0 Å². The Morgan fingerprint density at radius 2 is 1.73 bits per heavy atom. The molecule has 1 aliphatic carbocycles. The average molecular weight is 204 g/mol. The van der Waals surface area contributed by atoms with Crippen LogP contribution in [0.3, 0.4) is 0 Å². The summed E-state index contributed by atoms with van der Waals surface area (Å²) in [6.07, 6.45) is 6.94. The van der Waals surface area contributed by atoms with Crippen LogP contribution >= 0.6 is 0 Å². The second-order valence-electron chi connectivity index (χ2n) is 4.66. The van der Waals surface area contributed by atoms with Gasteiger partial charge in [-0.3, -0.25) is 0 Å². The van der Waals surface area contributed by atoms with E-state index in [2.05, 4.69) is 24.3 Å². The largest absolute Gasteiger partial charge is 0.393 e. The zero-order valence-corrected chi connectivity index (χ0v) is 9.23. The maximum atomic E-state index is 10.0. The summed E-state index contributed by atoms with van der Waals surface area (Å²) in [5.41, 5.74) is 1.36. The van der Waals surface area contributed by atoms with Crippen LogP contribution < -0.4 is 0 Å². The molecule has 1 nitrogen and oxygen atoms in total. The molecular weight excluding hydrogens is 184 g/mol. The van der Waals surface area contributed by atoms with Gasteiger partial charge in [0.1, 0.15) is 0 Å². The van der Waals surface area contributed by atoms with Crippen LogP contribution in [-0.4, -0.2) is 11.2 Å². The van der Waals surface area contributed by atoms with Gasteiger partial charge in [0, 0.05) is 0 Å². The number of rotatable bonds is 2. The third kappa shape index (κ3) is 3.07. The molecule has 15 heavy (non-hydrogen) atoms. The summed E-state index contributed by atoms with van der Waals surface area (Å²) in [4.78, 5) is 0. The molecule has 1 aliphatic rings. The molecule has 0 aromatic heterocycles. The molecule has 0 aliphatic heterocycles. The average Bonchev–Trinajstić information content (AvgIpc) is 2.46. The SMILES string of the molecule is O[C@@H]1CCCCC[C@H]1Cc1ccccc1. The Morgan fingerprint density at radius 1 is 1.00 bits per heavy atom. The summed E-state index contributed by atoms with van der Waals surface area (Å²) in [6, 6.07) is 10.5. The molecule has 0 radical (unpaired) electrons. The molecule has 2 atom stereocenters. The lowest BCUT2D eigenvalue weighted by atomic mass is 9.90. The Morgan fingerprint density at radius 3 is 2.53 bits per heavy atom. The van der Waals surface area contributed by atoms with Gasteiger partial charge in [-0.15, -0.1) is 0 Å². The quantitative estimate of drug-likeness (QED) is 0.734. The lowest BCUT2D eigenvalue weighted by Gasteiger charge is -2.20. The van der Waals surface area contributed by atoms with E-state index in [9.17, 15) is 5.11 Å². The first-order valence-electron chi connectivity index (χ1n) is 6.08. The van der Waals surface area contributed by atoms with Gasteiger partial charge >= 0.3 is 0 Å². The molecule has 0 amide bonds. The molecular formula is C14H20O. The Balaban J connectivity index is 1.97. The van der Waals surface area contributed by atoms with E-state index in [0.29, 0.717) is 5.92 Å². The van der Waals surface area contributed by atoms with Crippen molar-refractivity contribution in [2.45, 2.75) is 44.6 Å². The number of aliphatic hydroxyl groups is 1. The fraction of sp³-hybridized carbons (Fsp3) is 0.571. The van der Waals surface area contributed by atoms with Gasteiger partial charge in [0.25, 0.3) is 0 Å². The molecule has 0 unspecified atom stereocenters. The predicted molar refractivity (Wildman–Crippen MR) is 62.7 cm³/mol. The Hall–Kier alpha value is -0.820. The van der Waals surface area contributed by atoms with E-state index in [1.54, 1.807) is 0 Å². The monoisotopic (exact) mass is 204 g/mol. The molecule has 1 heteroatoms. The fourth-order valence-corrected chi connectivity index (χ4v) is 2.52. The second kappa shape index (κ2) is 5.32. The number of hydrogen-bond donors (Lipinski definition) is 1. The summed E-state index contributed by atoms with van der Waals surface area (Å²) in [5, 5.41) is 10.0. The number of aliphatic hydroxyl groups excluding tert-OH is 1. The van der Waals surface area contributed by atoms with Gasteiger partial charge in [0.15, 0.2) is 0 Å². The normalized spacial score (nSPS) is 27.3. The molecule has 0 heterocycles. The molecule has 1 aromatic carbocycles. The predicted octanol–water partition coefficient (Wildman–Crippen LogP) is 3.17. The molecule has 0 saturated heterocycles. The number of hydrogen-bond acceptors (Lipinski definition) is 1. The van der Waals surface area contributed by atoms with Crippen LogP contribution in [0.2, 0.25) is 0 Å². The van der Waals surface area contributed by atoms with Crippen molar-refractivity contribution in [2.75, 3.05) is 0 Å². The maximum Gasteiger partial charge on any atom is 0.0571 e. The van der Waals surface area contributed by atoms with Crippen LogP contribution in [0.5, 0.6) is 0 Å². The highest BCUT2D eigenvalue weighted by molar-refractivity contribution is 5.15. The number of benzene rings is 1. The standard InChI is InChI=1S/C14H20O/c15-14-10-6-2-5-9-13(14)11-12-7-3-1-4-8-12/h1,3-4,7-8,13-15H,2,5-6,9-11H2/t13-,14+/m0/s1. The maximum absolute atomic E-state index is 10.0. The van der Waals surface area contributed by atoms with Crippen molar-refractivity contribution in [3.05, 3.63) is 35.9 Å². The van der Waals surface area contributed by atoms with Crippen molar-refractivity contribution < 1.29 is 5.11 Å². The topological polar surface area (TPSA) is 20.2 Å². The highest BCUT2D eigenvalue weighted by Crippen LogP contribution is 2.26. The third-order valence-corrected chi connectivity index (χ3v) is 3.46. The van der Waals surface area contributed by atoms with Crippen LogP contribution in [0.4, 0.5) is 0 Å². The molecule has 1 fully saturated rings. The summed E-state index contributed by atoms with van der Waals surface area (Å²) >= 11 is 0. The Kier molecular flexibility index (Phi) is 3.79. The van der Waals surface area contributed by atoms with E-state index in [1.165, 1.54) is 31.2 Å². The highest BCUT2D eigenvalue weighted by atomic mass is 16.3. The van der Waals surface area contributed by atoms with Gasteiger partial charge in [0.05, 0.1) is 6.10 Å². The first-order chi connectivity index (χ1) is 7.36. The summed E-state index contributed by atoms with van der Waals surface area (Å²) in [7, 11) is 0. The molecule has 0 spiro atoms. The first-order valence-corrected chi connectivity index (χ1v) is 6.08. The summed E-state index contributed by atoms with van der Waals surface area (Å²) < 4.78 is 0.